The molecule has 0 aliphatic carbocycles. The van der Waals surface area contributed by atoms with Crippen LogP contribution in [0, 0.1) is 0 Å². The van der Waals surface area contributed by atoms with E-state index in [4.69, 9.17) is 0 Å². The van der Waals surface area contributed by atoms with Gasteiger partial charge in [-0.25, -0.2) is 0 Å². The third-order valence-electron chi connectivity index (χ3n) is 3.51. The topological polar surface area (TPSA) is 0 Å². The van der Waals surface area contributed by atoms with Gasteiger partial charge < -0.3 is 0 Å². The van der Waals surface area contributed by atoms with Gasteiger partial charge in [-0.05, 0) is 54.4 Å². The lowest BCUT2D eigenvalue weighted by molar-refractivity contribution is 0.782. The van der Waals surface area contributed by atoms with Crippen LogP contribution < -0.4 is 0 Å². The summed E-state index contributed by atoms with van der Waals surface area (Å²) in [6, 6.07) is 4.72. The van der Waals surface area contributed by atoms with Crippen LogP contribution in [0.4, 0.5) is 0 Å². The Labute approximate surface area is 101 Å². The molecule has 90 valence electrons. The first-order valence-electron chi connectivity index (χ1n) is 6.90. The first-order valence-corrected chi connectivity index (χ1v) is 6.90. The highest BCUT2D eigenvalue weighted by molar-refractivity contribution is 5.41. The van der Waals surface area contributed by atoms with Crippen LogP contribution in [0.3, 0.4) is 0 Å². The maximum atomic E-state index is 2.37. The minimum atomic E-state index is 1.17. The number of unbranched alkanes of at least 4 members (excludes halogenated alkanes) is 1. The molecule has 0 heterocycles. The summed E-state index contributed by atoms with van der Waals surface area (Å²) >= 11 is 0. The van der Waals surface area contributed by atoms with Gasteiger partial charge in [-0.2, -0.15) is 0 Å². The molecule has 0 nitrogen and oxygen atoms in total. The first-order chi connectivity index (χ1) is 7.78. The molecule has 0 saturated carbocycles. The van der Waals surface area contributed by atoms with Crippen molar-refractivity contribution in [2.24, 2.45) is 0 Å². The zero-order chi connectivity index (χ0) is 12.0. The highest BCUT2D eigenvalue weighted by atomic mass is 14.1. The summed E-state index contributed by atoms with van der Waals surface area (Å²) in [6.07, 6.45) is 7.42. The summed E-state index contributed by atoms with van der Waals surface area (Å²) in [5.41, 5.74) is 6.41. The van der Waals surface area contributed by atoms with Crippen molar-refractivity contribution in [1.82, 2.24) is 0 Å². The lowest BCUT2D eigenvalue weighted by Gasteiger charge is -2.16. The third kappa shape index (κ3) is 2.87. The number of benzene rings is 1. The molecule has 0 aliphatic rings. The Morgan fingerprint density at radius 1 is 0.750 bits per heavy atom. The SMILES string of the molecule is CCCCc1ccc(CC)c(CC)c1CC. The van der Waals surface area contributed by atoms with Gasteiger partial charge >= 0.3 is 0 Å². The Bertz CT molecular complexity index is 323. The lowest BCUT2D eigenvalue weighted by atomic mass is 9.89. The predicted molar refractivity (Wildman–Crippen MR) is 73.2 cm³/mol. The standard InChI is InChI=1S/C16H26/c1-5-9-10-14-12-11-13(6-2)15(7-3)16(14)8-4/h11-12H,5-10H2,1-4H3. The van der Waals surface area contributed by atoms with Gasteiger partial charge in [0.05, 0.1) is 0 Å². The van der Waals surface area contributed by atoms with Crippen molar-refractivity contribution >= 4 is 0 Å². The molecule has 0 N–H and O–H groups in total. The van der Waals surface area contributed by atoms with Crippen LogP contribution in [0.5, 0.6) is 0 Å². The van der Waals surface area contributed by atoms with Crippen molar-refractivity contribution in [2.45, 2.75) is 66.2 Å². The van der Waals surface area contributed by atoms with Gasteiger partial charge in [-0.15, -0.1) is 0 Å². The van der Waals surface area contributed by atoms with E-state index in [-0.39, 0.29) is 0 Å². The number of hydrogen-bond acceptors (Lipinski definition) is 0. The Morgan fingerprint density at radius 3 is 1.81 bits per heavy atom. The zero-order valence-corrected chi connectivity index (χ0v) is 11.4. The molecule has 16 heavy (non-hydrogen) atoms. The Kier molecular flexibility index (Phi) is 5.59. The average molecular weight is 218 g/mol. The van der Waals surface area contributed by atoms with Gasteiger partial charge in [0.25, 0.3) is 0 Å². The smallest absolute Gasteiger partial charge is 0.0276 e. The van der Waals surface area contributed by atoms with E-state index in [1.165, 1.54) is 38.5 Å². The zero-order valence-electron chi connectivity index (χ0n) is 11.4. The molecular weight excluding hydrogens is 192 g/mol. The minimum Gasteiger partial charge on any atom is -0.0654 e. The summed E-state index contributed by atoms with van der Waals surface area (Å²) in [7, 11) is 0. The summed E-state index contributed by atoms with van der Waals surface area (Å²) < 4.78 is 0. The molecule has 0 amide bonds. The van der Waals surface area contributed by atoms with Gasteiger partial charge in [-0.1, -0.05) is 46.2 Å². The second kappa shape index (κ2) is 6.73. The van der Waals surface area contributed by atoms with Crippen molar-refractivity contribution in [3.05, 3.63) is 34.4 Å². The van der Waals surface area contributed by atoms with Gasteiger partial charge in [0.2, 0.25) is 0 Å². The highest BCUT2D eigenvalue weighted by Crippen LogP contribution is 2.23. The molecule has 0 aliphatic heterocycles. The monoisotopic (exact) mass is 218 g/mol. The first kappa shape index (κ1) is 13.3. The highest BCUT2D eigenvalue weighted by Gasteiger charge is 2.09. The average Bonchev–Trinajstić information content (AvgIpc) is 2.34. The molecule has 0 saturated heterocycles. The molecular formula is C16H26. The van der Waals surface area contributed by atoms with Crippen LogP contribution in [0.2, 0.25) is 0 Å². The Hall–Kier alpha value is -0.780. The van der Waals surface area contributed by atoms with E-state index in [1.54, 1.807) is 22.3 Å². The van der Waals surface area contributed by atoms with E-state index in [1.807, 2.05) is 0 Å². The molecule has 0 spiro atoms. The van der Waals surface area contributed by atoms with Gasteiger partial charge in [0.1, 0.15) is 0 Å². The van der Waals surface area contributed by atoms with Crippen LogP contribution in [0.25, 0.3) is 0 Å². The van der Waals surface area contributed by atoms with Gasteiger partial charge in [0, 0.05) is 0 Å². The van der Waals surface area contributed by atoms with E-state index in [0.717, 1.165) is 0 Å². The van der Waals surface area contributed by atoms with Gasteiger partial charge in [0.15, 0.2) is 0 Å². The molecule has 1 aromatic rings. The fourth-order valence-corrected chi connectivity index (χ4v) is 2.60. The van der Waals surface area contributed by atoms with Crippen LogP contribution >= 0.6 is 0 Å². The number of hydrogen-bond donors (Lipinski definition) is 0. The predicted octanol–water partition coefficient (Wildman–Crippen LogP) is 4.72. The van der Waals surface area contributed by atoms with Crippen LogP contribution in [-0.4, -0.2) is 0 Å². The van der Waals surface area contributed by atoms with Crippen molar-refractivity contribution in [2.75, 3.05) is 0 Å². The van der Waals surface area contributed by atoms with Crippen molar-refractivity contribution < 1.29 is 0 Å². The van der Waals surface area contributed by atoms with Crippen LogP contribution in [0.1, 0.15) is 62.8 Å². The molecule has 0 fully saturated rings. The minimum absolute atomic E-state index is 1.17. The fourth-order valence-electron chi connectivity index (χ4n) is 2.60. The molecule has 0 unspecified atom stereocenters. The van der Waals surface area contributed by atoms with Crippen LogP contribution in [0.15, 0.2) is 12.1 Å². The number of rotatable bonds is 6. The van der Waals surface area contributed by atoms with E-state index < -0.39 is 0 Å². The van der Waals surface area contributed by atoms with Crippen molar-refractivity contribution in [1.29, 1.82) is 0 Å². The molecule has 1 aromatic carbocycles. The summed E-state index contributed by atoms with van der Waals surface area (Å²) in [5.74, 6) is 0. The lowest BCUT2D eigenvalue weighted by Crippen LogP contribution is -2.03. The molecule has 0 atom stereocenters. The summed E-state index contributed by atoms with van der Waals surface area (Å²) in [6.45, 7) is 9.12. The number of aryl methyl sites for hydroxylation is 2. The molecule has 1 rings (SSSR count). The van der Waals surface area contributed by atoms with E-state index in [0.29, 0.717) is 0 Å². The molecule has 0 heteroatoms. The molecule has 0 aromatic heterocycles. The van der Waals surface area contributed by atoms with E-state index in [9.17, 15) is 0 Å². The Balaban J connectivity index is 3.10. The van der Waals surface area contributed by atoms with E-state index in [2.05, 4.69) is 39.8 Å². The van der Waals surface area contributed by atoms with Crippen molar-refractivity contribution in [3.8, 4) is 0 Å². The third-order valence-corrected chi connectivity index (χ3v) is 3.51. The van der Waals surface area contributed by atoms with Gasteiger partial charge in [-0.3, -0.25) is 0 Å². The quantitative estimate of drug-likeness (QED) is 0.648. The second-order valence-electron chi connectivity index (χ2n) is 4.51. The maximum Gasteiger partial charge on any atom is -0.0276 e. The van der Waals surface area contributed by atoms with Crippen LogP contribution in [-0.2, 0) is 25.7 Å². The van der Waals surface area contributed by atoms with E-state index >= 15 is 0 Å². The fraction of sp³-hybridized carbons (Fsp3) is 0.625. The largest absolute Gasteiger partial charge is 0.0654 e. The molecule has 0 radical (unpaired) electrons. The second-order valence-corrected chi connectivity index (χ2v) is 4.51. The summed E-state index contributed by atoms with van der Waals surface area (Å²) in [5, 5.41) is 0. The maximum absolute atomic E-state index is 2.37. The molecule has 0 bridgehead atoms. The summed E-state index contributed by atoms with van der Waals surface area (Å²) in [4.78, 5) is 0. The van der Waals surface area contributed by atoms with Crippen molar-refractivity contribution in [3.63, 3.8) is 0 Å². The Morgan fingerprint density at radius 2 is 1.31 bits per heavy atom. The normalized spacial score (nSPS) is 10.8.